The summed E-state index contributed by atoms with van der Waals surface area (Å²) < 4.78 is 0.659. The molecular weight excluding hydrogens is 210 g/mol. The lowest BCUT2D eigenvalue weighted by Crippen LogP contribution is -2.14. The van der Waals surface area contributed by atoms with E-state index < -0.39 is 0 Å². The molecule has 0 atom stereocenters. The van der Waals surface area contributed by atoms with Crippen molar-refractivity contribution in [3.8, 4) is 0 Å². The molecule has 0 aliphatic carbocycles. The highest BCUT2D eigenvalue weighted by Gasteiger charge is 1.92. The summed E-state index contributed by atoms with van der Waals surface area (Å²) in [6.07, 6.45) is 1.76. The quantitative estimate of drug-likeness (QED) is 0.338. The Bertz CT molecular complexity index is 314. The fourth-order valence-corrected chi connectivity index (χ4v) is 2.25. The Labute approximate surface area is 83.8 Å². The van der Waals surface area contributed by atoms with Crippen molar-refractivity contribution in [3.05, 3.63) is 3.95 Å². The molecule has 6 heteroatoms. The molecule has 1 aromatic heterocycles. The Kier molecular flexibility index (Phi) is 3.77. The topological polar surface area (TPSA) is 28.5 Å². The third kappa shape index (κ3) is 2.96. The first-order valence-corrected chi connectivity index (χ1v) is 5.99. The van der Waals surface area contributed by atoms with Crippen LogP contribution in [0.1, 0.15) is 6.92 Å². The van der Waals surface area contributed by atoms with E-state index in [-0.39, 0.29) is 0 Å². The van der Waals surface area contributed by atoms with Gasteiger partial charge in [0.15, 0.2) is 3.95 Å². The second-order valence-corrected chi connectivity index (χ2v) is 4.88. The van der Waals surface area contributed by atoms with Gasteiger partial charge in [-0.3, -0.25) is 0 Å². The van der Waals surface area contributed by atoms with Gasteiger partial charge in [0.05, 0.1) is 6.34 Å². The lowest BCUT2D eigenvalue weighted by Gasteiger charge is -2.06. The van der Waals surface area contributed by atoms with Gasteiger partial charge >= 0.3 is 0 Å². The predicted molar refractivity (Wildman–Crippen MR) is 57.3 cm³/mol. The van der Waals surface area contributed by atoms with Crippen LogP contribution in [-0.2, 0) is 0 Å². The summed E-state index contributed by atoms with van der Waals surface area (Å²) in [5.74, 6) is 0. The highest BCUT2D eigenvalue weighted by atomic mass is 32.9. The van der Waals surface area contributed by atoms with Crippen molar-refractivity contribution in [2.75, 3.05) is 13.6 Å². The monoisotopic (exact) mass is 219 g/mol. The Hall–Kier alpha value is -0.330. The Morgan fingerprint density at radius 1 is 1.67 bits per heavy atom. The summed E-state index contributed by atoms with van der Waals surface area (Å²) >= 11 is 4.87. The Morgan fingerprint density at radius 2 is 2.42 bits per heavy atom. The summed E-state index contributed by atoms with van der Waals surface area (Å²) in [6.45, 7) is 3.01. The average Bonchev–Trinajstić information content (AvgIpc) is 2.47. The van der Waals surface area contributed by atoms with Crippen molar-refractivity contribution in [3.63, 3.8) is 0 Å². The number of hydrogen-bond acceptors (Lipinski definition) is 5. The predicted octanol–water partition coefficient (Wildman–Crippen LogP) is 2.55. The van der Waals surface area contributed by atoms with Crippen LogP contribution in [-0.4, -0.2) is 29.8 Å². The number of aliphatic imine (C=N–C) groups is 1. The maximum absolute atomic E-state index is 4.87. The third-order valence-corrected chi connectivity index (χ3v) is 3.73. The molecule has 0 aliphatic heterocycles. The van der Waals surface area contributed by atoms with E-state index in [0.29, 0.717) is 3.95 Å². The van der Waals surface area contributed by atoms with E-state index in [2.05, 4.69) is 16.9 Å². The van der Waals surface area contributed by atoms with Crippen LogP contribution in [0.25, 0.3) is 0 Å². The SMILES string of the molecule is CCN(C)C=Nc1nc(=S)ss1. The Balaban J connectivity index is 2.63. The summed E-state index contributed by atoms with van der Waals surface area (Å²) in [5.41, 5.74) is 0. The fraction of sp³-hybridized carbons (Fsp3) is 0.500. The lowest BCUT2D eigenvalue weighted by atomic mass is 10.7. The normalized spacial score (nSPS) is 10.8. The van der Waals surface area contributed by atoms with Crippen molar-refractivity contribution in [1.82, 2.24) is 9.88 Å². The molecule has 0 saturated heterocycles. The first-order valence-electron chi connectivity index (χ1n) is 3.44. The minimum atomic E-state index is 0.659. The number of nitrogens with zero attached hydrogens (tertiary/aromatic N) is 3. The molecule has 0 saturated carbocycles. The average molecular weight is 219 g/mol. The molecule has 0 aliphatic rings. The van der Waals surface area contributed by atoms with E-state index in [1.807, 2.05) is 11.9 Å². The van der Waals surface area contributed by atoms with Crippen LogP contribution < -0.4 is 0 Å². The van der Waals surface area contributed by atoms with Crippen LogP contribution in [0.5, 0.6) is 0 Å². The second-order valence-electron chi connectivity index (χ2n) is 2.14. The third-order valence-electron chi connectivity index (χ3n) is 1.24. The molecule has 1 rings (SSSR count). The molecule has 0 fully saturated rings. The summed E-state index contributed by atoms with van der Waals surface area (Å²) in [6, 6.07) is 0. The van der Waals surface area contributed by atoms with Crippen molar-refractivity contribution in [2.24, 2.45) is 4.99 Å². The molecule has 0 bridgehead atoms. The Morgan fingerprint density at radius 3 is 2.92 bits per heavy atom. The first-order chi connectivity index (χ1) is 5.72. The zero-order valence-corrected chi connectivity index (χ0v) is 9.30. The smallest absolute Gasteiger partial charge is 0.222 e. The summed E-state index contributed by atoms with van der Waals surface area (Å²) in [7, 11) is 4.95. The molecule has 0 N–H and O–H groups in total. The molecule has 0 spiro atoms. The van der Waals surface area contributed by atoms with E-state index in [1.54, 1.807) is 6.34 Å². The maximum atomic E-state index is 4.87. The maximum Gasteiger partial charge on any atom is 0.222 e. The summed E-state index contributed by atoms with van der Waals surface area (Å²) in [4.78, 5) is 10.2. The molecule has 66 valence electrons. The number of aromatic nitrogens is 1. The van der Waals surface area contributed by atoms with Crippen LogP contribution >= 0.6 is 32.9 Å². The standard InChI is InChI=1S/C6H9N3S3/c1-3-9(2)4-7-5-8-6(10)12-11-5/h4H,3H2,1-2H3. The van der Waals surface area contributed by atoms with Gasteiger partial charge in [-0.15, -0.1) is 0 Å². The number of hydrogen-bond donors (Lipinski definition) is 0. The highest BCUT2D eigenvalue weighted by Crippen LogP contribution is 2.21. The van der Waals surface area contributed by atoms with Crippen LogP contribution in [0.4, 0.5) is 5.13 Å². The van der Waals surface area contributed by atoms with Crippen LogP contribution in [0.3, 0.4) is 0 Å². The van der Waals surface area contributed by atoms with E-state index in [1.165, 1.54) is 20.7 Å². The molecule has 1 heterocycles. The van der Waals surface area contributed by atoms with Crippen LogP contribution in [0, 0.1) is 3.95 Å². The van der Waals surface area contributed by atoms with Gasteiger partial charge in [-0.05, 0) is 39.8 Å². The van der Waals surface area contributed by atoms with E-state index in [9.17, 15) is 0 Å². The second kappa shape index (κ2) is 4.64. The fourth-order valence-electron chi connectivity index (χ4n) is 0.468. The van der Waals surface area contributed by atoms with Crippen molar-refractivity contribution < 1.29 is 0 Å². The van der Waals surface area contributed by atoms with Crippen molar-refractivity contribution in [2.45, 2.75) is 6.92 Å². The zero-order chi connectivity index (χ0) is 8.97. The highest BCUT2D eigenvalue weighted by molar-refractivity contribution is 7.79. The lowest BCUT2D eigenvalue weighted by molar-refractivity contribution is 0.552. The van der Waals surface area contributed by atoms with Gasteiger partial charge in [-0.2, -0.15) is 4.98 Å². The van der Waals surface area contributed by atoms with Crippen LogP contribution in [0.2, 0.25) is 0 Å². The van der Waals surface area contributed by atoms with Gasteiger partial charge in [-0.1, -0.05) is 0 Å². The molecule has 1 aromatic rings. The molecule has 0 aromatic carbocycles. The number of rotatable bonds is 3. The largest absolute Gasteiger partial charge is 0.366 e. The molecule has 0 radical (unpaired) electrons. The van der Waals surface area contributed by atoms with Gasteiger partial charge in [0, 0.05) is 13.6 Å². The zero-order valence-electron chi connectivity index (χ0n) is 6.85. The minimum absolute atomic E-state index is 0.659. The van der Waals surface area contributed by atoms with Gasteiger partial charge in [0.2, 0.25) is 5.13 Å². The van der Waals surface area contributed by atoms with E-state index >= 15 is 0 Å². The van der Waals surface area contributed by atoms with E-state index in [4.69, 9.17) is 12.2 Å². The molecule has 12 heavy (non-hydrogen) atoms. The molecular formula is C6H9N3S3. The molecule has 0 amide bonds. The molecule has 3 nitrogen and oxygen atoms in total. The van der Waals surface area contributed by atoms with Crippen LogP contribution in [0.15, 0.2) is 4.99 Å². The first kappa shape index (κ1) is 9.76. The molecule has 0 unspecified atom stereocenters. The minimum Gasteiger partial charge on any atom is -0.366 e. The van der Waals surface area contributed by atoms with Crippen molar-refractivity contribution in [1.29, 1.82) is 0 Å². The van der Waals surface area contributed by atoms with Gasteiger partial charge in [-0.25, -0.2) is 4.99 Å². The van der Waals surface area contributed by atoms with Gasteiger partial charge in [0.25, 0.3) is 0 Å². The van der Waals surface area contributed by atoms with E-state index in [0.717, 1.165) is 11.7 Å². The van der Waals surface area contributed by atoms with Gasteiger partial charge in [0.1, 0.15) is 0 Å². The summed E-state index contributed by atoms with van der Waals surface area (Å²) in [5, 5.41) is 0.741. The van der Waals surface area contributed by atoms with Gasteiger partial charge < -0.3 is 4.90 Å². The van der Waals surface area contributed by atoms with Crippen molar-refractivity contribution >= 4 is 44.4 Å².